The lowest BCUT2D eigenvalue weighted by molar-refractivity contribution is 0.0933. The number of carbonyl (C=O) groups is 2. The van der Waals surface area contributed by atoms with E-state index in [0.717, 1.165) is 25.1 Å². The Labute approximate surface area is 157 Å². The zero-order valence-corrected chi connectivity index (χ0v) is 15.1. The van der Waals surface area contributed by atoms with Crippen molar-refractivity contribution in [3.8, 4) is 5.75 Å². The van der Waals surface area contributed by atoms with E-state index >= 15 is 0 Å². The molecule has 0 aromatic heterocycles. The summed E-state index contributed by atoms with van der Waals surface area (Å²) in [5.74, 6) is 0.746. The van der Waals surface area contributed by atoms with Crippen molar-refractivity contribution >= 4 is 11.6 Å². The summed E-state index contributed by atoms with van der Waals surface area (Å²) in [4.78, 5) is 26.8. The van der Waals surface area contributed by atoms with Crippen LogP contribution in [0.3, 0.4) is 0 Å². The molecule has 1 unspecified atom stereocenters. The lowest BCUT2D eigenvalue weighted by Gasteiger charge is -2.18. The molecule has 2 heterocycles. The highest BCUT2D eigenvalue weighted by atomic mass is 19.1. The van der Waals surface area contributed by atoms with E-state index in [1.54, 1.807) is 30.3 Å². The first-order valence-corrected chi connectivity index (χ1v) is 9.41. The third-order valence-corrected chi connectivity index (χ3v) is 5.44. The molecular weight excluding hydrogens is 345 g/mol. The van der Waals surface area contributed by atoms with Gasteiger partial charge in [0, 0.05) is 31.5 Å². The molecule has 140 valence electrons. The van der Waals surface area contributed by atoms with Gasteiger partial charge in [0.1, 0.15) is 11.6 Å². The van der Waals surface area contributed by atoms with Gasteiger partial charge in [-0.3, -0.25) is 9.59 Å². The number of ketones is 2. The fourth-order valence-corrected chi connectivity index (χ4v) is 3.91. The molecular formula is C22H22FNO3. The summed E-state index contributed by atoms with van der Waals surface area (Å²) in [6.07, 6.45) is 1.74. The molecule has 1 fully saturated rings. The number of Topliss-reactive ketones (excluding diaryl/α,β-unsaturated/α-hetero) is 2. The molecule has 0 bridgehead atoms. The van der Waals surface area contributed by atoms with E-state index in [4.69, 9.17) is 4.74 Å². The molecule has 0 aliphatic carbocycles. The Morgan fingerprint density at radius 2 is 2.11 bits per heavy atom. The van der Waals surface area contributed by atoms with Gasteiger partial charge < -0.3 is 9.64 Å². The van der Waals surface area contributed by atoms with Crippen LogP contribution in [0.25, 0.3) is 0 Å². The molecule has 1 atom stereocenters. The van der Waals surface area contributed by atoms with Gasteiger partial charge >= 0.3 is 0 Å². The number of hydrogen-bond acceptors (Lipinski definition) is 4. The minimum absolute atomic E-state index is 0.0309. The standard InChI is InChI=1S/C22H22FNO3/c23-18-3-1-2-15(12-18)17-6-9-24(14-17)10-7-20(25)16-4-5-22-19(13-16)21(26)8-11-27-22/h1-5,12-13,17H,6-11,14H2. The molecule has 27 heavy (non-hydrogen) atoms. The molecule has 2 aromatic rings. The zero-order valence-electron chi connectivity index (χ0n) is 15.1. The highest BCUT2D eigenvalue weighted by molar-refractivity contribution is 6.03. The van der Waals surface area contributed by atoms with Crippen LogP contribution in [-0.2, 0) is 0 Å². The van der Waals surface area contributed by atoms with Gasteiger partial charge in [-0.2, -0.15) is 0 Å². The predicted molar refractivity (Wildman–Crippen MR) is 100 cm³/mol. The van der Waals surface area contributed by atoms with E-state index in [1.165, 1.54) is 6.07 Å². The van der Waals surface area contributed by atoms with Crippen LogP contribution in [0.15, 0.2) is 42.5 Å². The van der Waals surface area contributed by atoms with Crippen LogP contribution in [0.2, 0.25) is 0 Å². The molecule has 5 heteroatoms. The van der Waals surface area contributed by atoms with Gasteiger partial charge in [0.25, 0.3) is 0 Å². The zero-order chi connectivity index (χ0) is 18.8. The highest BCUT2D eigenvalue weighted by Gasteiger charge is 2.25. The van der Waals surface area contributed by atoms with Crippen molar-refractivity contribution in [1.29, 1.82) is 0 Å². The van der Waals surface area contributed by atoms with Gasteiger partial charge in [-0.1, -0.05) is 12.1 Å². The smallest absolute Gasteiger partial charge is 0.170 e. The maximum atomic E-state index is 13.4. The van der Waals surface area contributed by atoms with Gasteiger partial charge in [-0.25, -0.2) is 4.39 Å². The Morgan fingerprint density at radius 1 is 1.22 bits per heavy atom. The Kier molecular flexibility index (Phi) is 5.03. The number of likely N-dealkylation sites (tertiary alicyclic amines) is 1. The van der Waals surface area contributed by atoms with E-state index in [-0.39, 0.29) is 17.4 Å². The van der Waals surface area contributed by atoms with Crippen LogP contribution in [0.1, 0.15) is 51.5 Å². The number of benzene rings is 2. The third-order valence-electron chi connectivity index (χ3n) is 5.44. The molecule has 4 nitrogen and oxygen atoms in total. The van der Waals surface area contributed by atoms with Crippen molar-refractivity contribution in [2.24, 2.45) is 0 Å². The number of fused-ring (bicyclic) bond motifs is 1. The van der Waals surface area contributed by atoms with E-state index in [0.29, 0.717) is 48.8 Å². The SMILES string of the molecule is O=C(CCN1CCC(c2cccc(F)c2)C1)c1ccc2c(c1)C(=O)CCO2. The molecule has 0 N–H and O–H groups in total. The van der Waals surface area contributed by atoms with Crippen LogP contribution >= 0.6 is 0 Å². The predicted octanol–water partition coefficient (Wildman–Crippen LogP) is 3.85. The van der Waals surface area contributed by atoms with E-state index in [1.807, 2.05) is 6.07 Å². The second-order valence-corrected chi connectivity index (χ2v) is 7.25. The number of ether oxygens (including phenoxy) is 1. The summed E-state index contributed by atoms with van der Waals surface area (Å²) >= 11 is 0. The molecule has 2 aliphatic rings. The second kappa shape index (κ2) is 7.61. The molecule has 2 aliphatic heterocycles. The van der Waals surface area contributed by atoms with E-state index in [2.05, 4.69) is 4.90 Å². The fraction of sp³-hybridized carbons (Fsp3) is 0.364. The summed E-state index contributed by atoms with van der Waals surface area (Å²) in [6, 6.07) is 11.9. The van der Waals surface area contributed by atoms with Gasteiger partial charge in [0.05, 0.1) is 12.2 Å². The Morgan fingerprint density at radius 3 is 2.96 bits per heavy atom. The summed E-state index contributed by atoms with van der Waals surface area (Å²) in [7, 11) is 0. The fourth-order valence-electron chi connectivity index (χ4n) is 3.91. The maximum Gasteiger partial charge on any atom is 0.170 e. The summed E-state index contributed by atoms with van der Waals surface area (Å²) < 4.78 is 18.9. The van der Waals surface area contributed by atoms with Crippen molar-refractivity contribution < 1.29 is 18.7 Å². The second-order valence-electron chi connectivity index (χ2n) is 7.25. The summed E-state index contributed by atoms with van der Waals surface area (Å²) in [5.41, 5.74) is 2.10. The van der Waals surface area contributed by atoms with E-state index in [9.17, 15) is 14.0 Å². The monoisotopic (exact) mass is 367 g/mol. The lowest BCUT2D eigenvalue weighted by atomic mass is 9.98. The molecule has 0 amide bonds. The minimum atomic E-state index is -0.202. The van der Waals surface area contributed by atoms with Crippen LogP contribution in [0, 0.1) is 5.82 Å². The average Bonchev–Trinajstić information content (AvgIpc) is 3.15. The molecule has 0 saturated carbocycles. The molecule has 4 rings (SSSR count). The van der Waals surface area contributed by atoms with Gasteiger partial charge in [0.2, 0.25) is 0 Å². The first-order chi connectivity index (χ1) is 13.1. The third kappa shape index (κ3) is 3.93. The first kappa shape index (κ1) is 17.9. The van der Waals surface area contributed by atoms with Crippen molar-refractivity contribution in [3.63, 3.8) is 0 Å². The quantitative estimate of drug-likeness (QED) is 0.753. The number of nitrogens with zero attached hydrogens (tertiary/aromatic N) is 1. The van der Waals surface area contributed by atoms with Gasteiger partial charge in [-0.15, -0.1) is 0 Å². The van der Waals surface area contributed by atoms with Crippen LogP contribution in [0.4, 0.5) is 4.39 Å². The van der Waals surface area contributed by atoms with E-state index < -0.39 is 0 Å². The normalized spacial score (nSPS) is 19.6. The molecule has 1 saturated heterocycles. The Bertz CT molecular complexity index is 880. The van der Waals surface area contributed by atoms with Gasteiger partial charge in [-0.05, 0) is 54.8 Å². The molecule has 0 radical (unpaired) electrons. The van der Waals surface area contributed by atoms with Gasteiger partial charge in [0.15, 0.2) is 11.6 Å². The largest absolute Gasteiger partial charge is 0.492 e. The minimum Gasteiger partial charge on any atom is -0.492 e. The number of hydrogen-bond donors (Lipinski definition) is 0. The Balaban J connectivity index is 1.35. The number of carbonyl (C=O) groups excluding carboxylic acids is 2. The van der Waals surface area contributed by atoms with Crippen LogP contribution in [-0.4, -0.2) is 42.7 Å². The van der Waals surface area contributed by atoms with Crippen LogP contribution < -0.4 is 4.74 Å². The topological polar surface area (TPSA) is 46.6 Å². The average molecular weight is 367 g/mol. The van der Waals surface area contributed by atoms with Crippen molar-refractivity contribution in [1.82, 2.24) is 4.90 Å². The highest BCUT2D eigenvalue weighted by Crippen LogP contribution is 2.28. The van der Waals surface area contributed by atoms with Crippen molar-refractivity contribution in [2.75, 3.05) is 26.2 Å². The summed E-state index contributed by atoms with van der Waals surface area (Å²) in [6.45, 7) is 2.82. The first-order valence-electron chi connectivity index (χ1n) is 9.41. The van der Waals surface area contributed by atoms with Crippen molar-refractivity contribution in [2.45, 2.75) is 25.2 Å². The van der Waals surface area contributed by atoms with Crippen LogP contribution in [0.5, 0.6) is 5.75 Å². The Hall–Kier alpha value is -2.53. The summed E-state index contributed by atoms with van der Waals surface area (Å²) in [5, 5.41) is 0. The van der Waals surface area contributed by atoms with Crippen molar-refractivity contribution in [3.05, 3.63) is 65.0 Å². The lowest BCUT2D eigenvalue weighted by Crippen LogP contribution is -2.24. The maximum absolute atomic E-state index is 13.4. The molecule has 0 spiro atoms. The number of halogens is 1. The number of rotatable bonds is 5. The molecule has 2 aromatic carbocycles.